The highest BCUT2D eigenvalue weighted by Gasteiger charge is 2.32. The second-order valence-electron chi connectivity index (χ2n) is 5.67. The third kappa shape index (κ3) is 3.43. The van der Waals surface area contributed by atoms with E-state index in [1.165, 1.54) is 24.3 Å². The summed E-state index contributed by atoms with van der Waals surface area (Å²) in [5, 5.41) is 3.88. The molecule has 26 heavy (non-hydrogen) atoms. The van der Waals surface area contributed by atoms with Crippen LogP contribution < -0.4 is 4.74 Å². The summed E-state index contributed by atoms with van der Waals surface area (Å²) in [5.74, 6) is 0.647. The Hall–Kier alpha value is -2.81. The fraction of sp³-hybridized carbons (Fsp3) is 0.294. The van der Waals surface area contributed by atoms with Crippen molar-refractivity contribution in [1.29, 1.82) is 0 Å². The molecule has 1 aliphatic heterocycles. The van der Waals surface area contributed by atoms with E-state index < -0.39 is 6.36 Å². The van der Waals surface area contributed by atoms with Gasteiger partial charge in [-0.05, 0) is 37.1 Å². The zero-order valence-corrected chi connectivity index (χ0v) is 13.3. The van der Waals surface area contributed by atoms with Crippen molar-refractivity contribution in [3.8, 4) is 28.7 Å². The van der Waals surface area contributed by atoms with E-state index in [0.29, 0.717) is 12.4 Å². The molecule has 9 heteroatoms. The summed E-state index contributed by atoms with van der Waals surface area (Å²) in [6.45, 7) is 0.648. The average Bonchev–Trinajstić information content (AvgIpc) is 3.34. The van der Waals surface area contributed by atoms with Crippen LogP contribution in [0.15, 0.2) is 45.3 Å². The molecule has 0 bridgehead atoms. The summed E-state index contributed by atoms with van der Waals surface area (Å²) in [6, 6.07) is 8.78. The molecule has 6 nitrogen and oxygen atoms in total. The SMILES string of the molecule is FC(F)(F)Oc1ccccc1-c1ccc(-c2nc(C3CCCO3)no2)o1. The van der Waals surface area contributed by atoms with Crippen LogP contribution in [0.2, 0.25) is 0 Å². The van der Waals surface area contributed by atoms with Gasteiger partial charge in [-0.3, -0.25) is 0 Å². The lowest BCUT2D eigenvalue weighted by Crippen LogP contribution is -2.17. The van der Waals surface area contributed by atoms with Gasteiger partial charge in [-0.1, -0.05) is 17.3 Å². The Morgan fingerprint density at radius 2 is 1.88 bits per heavy atom. The Labute approximate surface area is 145 Å². The van der Waals surface area contributed by atoms with Gasteiger partial charge < -0.3 is 18.4 Å². The molecule has 2 aromatic heterocycles. The fourth-order valence-electron chi connectivity index (χ4n) is 2.73. The molecule has 0 spiro atoms. The van der Waals surface area contributed by atoms with Gasteiger partial charge >= 0.3 is 6.36 Å². The molecule has 0 aliphatic carbocycles. The molecule has 4 rings (SSSR count). The Bertz CT molecular complexity index is 897. The maximum Gasteiger partial charge on any atom is 0.573 e. The van der Waals surface area contributed by atoms with Crippen molar-refractivity contribution in [1.82, 2.24) is 10.1 Å². The molecule has 1 aliphatic rings. The van der Waals surface area contributed by atoms with Crippen LogP contribution in [0.5, 0.6) is 5.75 Å². The van der Waals surface area contributed by atoms with Crippen molar-refractivity contribution < 1.29 is 31.6 Å². The summed E-state index contributed by atoms with van der Waals surface area (Å²) in [6.07, 6.45) is -3.27. The minimum atomic E-state index is -4.80. The highest BCUT2D eigenvalue weighted by atomic mass is 19.4. The normalized spacial score (nSPS) is 17.6. The van der Waals surface area contributed by atoms with Gasteiger partial charge in [0, 0.05) is 6.61 Å². The minimum absolute atomic E-state index is 0.135. The third-order valence-corrected chi connectivity index (χ3v) is 3.85. The number of hydrogen-bond acceptors (Lipinski definition) is 6. The highest BCUT2D eigenvalue weighted by molar-refractivity contribution is 5.67. The van der Waals surface area contributed by atoms with Crippen molar-refractivity contribution in [3.63, 3.8) is 0 Å². The van der Waals surface area contributed by atoms with Crippen molar-refractivity contribution in [2.75, 3.05) is 6.61 Å². The number of halogens is 3. The first-order chi connectivity index (χ1) is 12.5. The van der Waals surface area contributed by atoms with Gasteiger partial charge in [-0.15, -0.1) is 13.2 Å². The molecule has 0 radical (unpaired) electrons. The molecule has 1 aromatic carbocycles. The Morgan fingerprint density at radius 1 is 1.08 bits per heavy atom. The first-order valence-electron chi connectivity index (χ1n) is 7.90. The lowest BCUT2D eigenvalue weighted by Gasteiger charge is -2.11. The van der Waals surface area contributed by atoms with Gasteiger partial charge in [0.05, 0.1) is 5.56 Å². The molecular weight excluding hydrogens is 353 g/mol. The minimum Gasteiger partial charge on any atom is -0.451 e. The lowest BCUT2D eigenvalue weighted by molar-refractivity contribution is -0.274. The van der Waals surface area contributed by atoms with E-state index in [0.717, 1.165) is 12.8 Å². The van der Waals surface area contributed by atoms with Gasteiger partial charge in [0.2, 0.25) is 5.82 Å². The van der Waals surface area contributed by atoms with E-state index in [2.05, 4.69) is 14.9 Å². The Kier molecular flexibility index (Phi) is 4.15. The predicted octanol–water partition coefficient (Wildman–Crippen LogP) is 4.75. The molecule has 1 atom stereocenters. The summed E-state index contributed by atoms with van der Waals surface area (Å²) in [5.41, 5.74) is 0.162. The monoisotopic (exact) mass is 366 g/mol. The fourth-order valence-corrected chi connectivity index (χ4v) is 2.73. The van der Waals surface area contributed by atoms with Crippen LogP contribution in [0.4, 0.5) is 13.2 Å². The summed E-state index contributed by atoms with van der Waals surface area (Å²) >= 11 is 0. The van der Waals surface area contributed by atoms with Crippen molar-refractivity contribution in [3.05, 3.63) is 42.2 Å². The van der Waals surface area contributed by atoms with Crippen LogP contribution in [0.1, 0.15) is 24.8 Å². The average molecular weight is 366 g/mol. The molecule has 0 amide bonds. The molecule has 0 N–H and O–H groups in total. The number of para-hydroxylation sites is 1. The van der Waals surface area contributed by atoms with Crippen molar-refractivity contribution in [2.24, 2.45) is 0 Å². The van der Waals surface area contributed by atoms with Crippen LogP contribution in [0.25, 0.3) is 23.0 Å². The number of rotatable bonds is 4. The second-order valence-corrected chi connectivity index (χ2v) is 5.67. The zero-order valence-electron chi connectivity index (χ0n) is 13.3. The maximum absolute atomic E-state index is 12.6. The van der Waals surface area contributed by atoms with Gasteiger partial charge in [0.15, 0.2) is 5.76 Å². The summed E-state index contributed by atoms with van der Waals surface area (Å²) in [4.78, 5) is 4.24. The quantitative estimate of drug-likeness (QED) is 0.664. The van der Waals surface area contributed by atoms with Crippen LogP contribution in [-0.4, -0.2) is 23.1 Å². The number of benzene rings is 1. The largest absolute Gasteiger partial charge is 0.573 e. The summed E-state index contributed by atoms with van der Waals surface area (Å²) in [7, 11) is 0. The Morgan fingerprint density at radius 3 is 2.65 bits per heavy atom. The smallest absolute Gasteiger partial charge is 0.451 e. The zero-order chi connectivity index (χ0) is 18.1. The molecule has 0 saturated carbocycles. The van der Waals surface area contributed by atoms with Crippen LogP contribution >= 0.6 is 0 Å². The molecule has 3 heterocycles. The number of ether oxygens (including phenoxy) is 2. The number of nitrogens with zero attached hydrogens (tertiary/aromatic N) is 2. The van der Waals surface area contributed by atoms with Crippen molar-refractivity contribution >= 4 is 0 Å². The standard InChI is InChI=1S/C17H13F3N2O4/c18-17(19,20)25-12-5-2-1-4-10(12)11-7-8-14(24-11)16-21-15(22-26-16)13-6-3-9-23-13/h1-2,4-5,7-8,13H,3,6,9H2. The van der Waals surface area contributed by atoms with Crippen LogP contribution in [-0.2, 0) is 4.74 Å². The highest BCUT2D eigenvalue weighted by Crippen LogP contribution is 2.36. The predicted molar refractivity (Wildman–Crippen MR) is 82.0 cm³/mol. The first kappa shape index (κ1) is 16.6. The van der Waals surface area contributed by atoms with E-state index in [1.807, 2.05) is 0 Å². The van der Waals surface area contributed by atoms with Gasteiger partial charge in [-0.2, -0.15) is 4.98 Å². The number of hydrogen-bond donors (Lipinski definition) is 0. The molecule has 1 unspecified atom stereocenters. The third-order valence-electron chi connectivity index (χ3n) is 3.85. The molecule has 136 valence electrons. The van der Waals surface area contributed by atoms with Gasteiger partial charge in [0.25, 0.3) is 5.89 Å². The molecule has 1 fully saturated rings. The van der Waals surface area contributed by atoms with Gasteiger partial charge in [-0.25, -0.2) is 0 Å². The van der Waals surface area contributed by atoms with E-state index in [4.69, 9.17) is 13.7 Å². The van der Waals surface area contributed by atoms with Crippen molar-refractivity contribution in [2.45, 2.75) is 25.3 Å². The summed E-state index contributed by atoms with van der Waals surface area (Å²) < 4.78 is 58.0. The van der Waals surface area contributed by atoms with E-state index in [-0.39, 0.29) is 34.8 Å². The topological polar surface area (TPSA) is 70.5 Å². The van der Waals surface area contributed by atoms with E-state index in [1.54, 1.807) is 12.1 Å². The molecule has 1 saturated heterocycles. The second kappa shape index (κ2) is 6.49. The number of alkyl halides is 3. The lowest BCUT2D eigenvalue weighted by atomic mass is 10.1. The number of furan rings is 1. The van der Waals surface area contributed by atoms with Gasteiger partial charge in [0.1, 0.15) is 17.6 Å². The molecular formula is C17H13F3N2O4. The van der Waals surface area contributed by atoms with E-state index in [9.17, 15) is 13.2 Å². The maximum atomic E-state index is 12.6. The van der Waals surface area contributed by atoms with Crippen LogP contribution in [0, 0.1) is 0 Å². The van der Waals surface area contributed by atoms with E-state index >= 15 is 0 Å². The van der Waals surface area contributed by atoms with Crippen LogP contribution in [0.3, 0.4) is 0 Å². The first-order valence-corrected chi connectivity index (χ1v) is 7.90. The number of aromatic nitrogens is 2. The Balaban J connectivity index is 1.61. The molecule has 3 aromatic rings.